The molecule has 2 heterocycles. The molecule has 0 aliphatic carbocycles. The predicted octanol–water partition coefficient (Wildman–Crippen LogP) is 4.41. The number of nitrogens with one attached hydrogen (secondary N) is 1. The van der Waals surface area contributed by atoms with E-state index in [0.717, 1.165) is 10.3 Å². The third-order valence-corrected chi connectivity index (χ3v) is 6.25. The maximum atomic E-state index is 13.2. The van der Waals surface area contributed by atoms with Crippen molar-refractivity contribution >= 4 is 51.1 Å². The minimum absolute atomic E-state index is 0.0748. The maximum absolute atomic E-state index is 13.2. The molecule has 10 heteroatoms. The van der Waals surface area contributed by atoms with Crippen LogP contribution in [0.15, 0.2) is 59.9 Å². The second-order valence-electron chi connectivity index (χ2n) is 6.27. The van der Waals surface area contributed by atoms with Crippen LogP contribution in [0.3, 0.4) is 0 Å². The minimum Gasteiger partial charge on any atom is -0.465 e. The maximum Gasteiger partial charge on any atom is 0.339 e. The number of hydrogen-bond acceptors (Lipinski definition) is 8. The van der Waals surface area contributed by atoms with Gasteiger partial charge in [0.25, 0.3) is 0 Å². The van der Waals surface area contributed by atoms with Crippen molar-refractivity contribution in [3.8, 4) is 11.3 Å². The van der Waals surface area contributed by atoms with Gasteiger partial charge in [0, 0.05) is 5.56 Å². The number of carbonyl (C=O) groups is 2. The third-order valence-electron chi connectivity index (χ3n) is 4.29. The Kier molecular flexibility index (Phi) is 6.19. The summed E-state index contributed by atoms with van der Waals surface area (Å²) < 4.78 is 23.1. The molecule has 0 saturated carbocycles. The van der Waals surface area contributed by atoms with Gasteiger partial charge in [0.15, 0.2) is 0 Å². The first-order chi connectivity index (χ1) is 15.1. The number of esters is 1. The number of ether oxygens (including phenoxy) is 1. The van der Waals surface area contributed by atoms with E-state index in [1.165, 1.54) is 48.9 Å². The van der Waals surface area contributed by atoms with Crippen molar-refractivity contribution in [1.29, 1.82) is 0 Å². The summed E-state index contributed by atoms with van der Waals surface area (Å²) >= 11 is 2.46. The monoisotopic (exact) mass is 454 g/mol. The van der Waals surface area contributed by atoms with Gasteiger partial charge in [0.2, 0.25) is 5.91 Å². The highest BCUT2D eigenvalue weighted by atomic mass is 32.2. The van der Waals surface area contributed by atoms with Gasteiger partial charge >= 0.3 is 5.97 Å². The first-order valence-electron chi connectivity index (χ1n) is 9.03. The van der Waals surface area contributed by atoms with Gasteiger partial charge in [-0.1, -0.05) is 23.9 Å². The Morgan fingerprint density at radius 1 is 1.13 bits per heavy atom. The molecule has 0 radical (unpaired) electrons. The number of fused-ring (bicyclic) bond motifs is 1. The molecule has 4 rings (SSSR count). The van der Waals surface area contributed by atoms with Crippen LogP contribution in [-0.2, 0) is 9.53 Å². The Morgan fingerprint density at radius 3 is 2.68 bits per heavy atom. The number of halogens is 1. The lowest BCUT2D eigenvalue weighted by Crippen LogP contribution is -2.17. The molecule has 0 bridgehead atoms. The lowest BCUT2D eigenvalue weighted by atomic mass is 10.1. The number of amides is 1. The van der Waals surface area contributed by atoms with E-state index < -0.39 is 5.97 Å². The summed E-state index contributed by atoms with van der Waals surface area (Å²) in [5, 5.41) is 3.35. The molecular weight excluding hydrogens is 439 g/mol. The summed E-state index contributed by atoms with van der Waals surface area (Å²) in [6, 6.07) is 12.7. The normalized spacial score (nSPS) is 10.8. The number of para-hydroxylation sites is 1. The van der Waals surface area contributed by atoms with Gasteiger partial charge < -0.3 is 10.1 Å². The average molecular weight is 455 g/mol. The highest BCUT2D eigenvalue weighted by Crippen LogP contribution is 2.34. The standard InChI is InChI=1S/C21H15FN4O3S2/c1-29-21(28)14-4-2-3-5-15(14)25-16(27)10-30-20-19-18(23-11-24-20)17(26-31-19)12-6-8-13(22)9-7-12/h2-9,11H,10H2,1H3,(H,25,27). The first kappa shape index (κ1) is 20.9. The van der Waals surface area contributed by atoms with Crippen LogP contribution in [-0.4, -0.2) is 39.1 Å². The van der Waals surface area contributed by atoms with Crippen LogP contribution in [0.4, 0.5) is 10.1 Å². The Labute approximate surface area is 184 Å². The highest BCUT2D eigenvalue weighted by Gasteiger charge is 2.17. The summed E-state index contributed by atoms with van der Waals surface area (Å²) in [5.41, 5.74) is 2.69. The molecule has 0 spiro atoms. The zero-order valence-corrected chi connectivity index (χ0v) is 17.8. The quantitative estimate of drug-likeness (QED) is 0.262. The number of rotatable bonds is 6. The van der Waals surface area contributed by atoms with Gasteiger partial charge in [-0.3, -0.25) is 4.79 Å². The van der Waals surface area contributed by atoms with Gasteiger partial charge in [0.05, 0.1) is 24.1 Å². The van der Waals surface area contributed by atoms with Crippen molar-refractivity contribution in [2.24, 2.45) is 0 Å². The molecular formula is C21H15FN4O3S2. The van der Waals surface area contributed by atoms with Crippen LogP contribution in [0.25, 0.3) is 21.5 Å². The van der Waals surface area contributed by atoms with Gasteiger partial charge in [-0.15, -0.1) is 0 Å². The minimum atomic E-state index is -0.529. The molecule has 0 fully saturated rings. The van der Waals surface area contributed by atoms with Crippen LogP contribution in [0.1, 0.15) is 10.4 Å². The second kappa shape index (κ2) is 9.19. The topological polar surface area (TPSA) is 94.1 Å². The summed E-state index contributed by atoms with van der Waals surface area (Å²) in [5.74, 6) is -1.07. The van der Waals surface area contributed by atoms with Crippen LogP contribution in [0, 0.1) is 5.82 Å². The van der Waals surface area contributed by atoms with Crippen molar-refractivity contribution in [2.45, 2.75) is 5.03 Å². The molecule has 7 nitrogen and oxygen atoms in total. The van der Waals surface area contributed by atoms with E-state index in [9.17, 15) is 14.0 Å². The van der Waals surface area contributed by atoms with Crippen LogP contribution in [0.2, 0.25) is 0 Å². The van der Waals surface area contributed by atoms with Crippen LogP contribution >= 0.6 is 23.3 Å². The number of benzene rings is 2. The molecule has 0 aliphatic heterocycles. The largest absolute Gasteiger partial charge is 0.465 e. The molecule has 31 heavy (non-hydrogen) atoms. The van der Waals surface area contributed by atoms with Crippen molar-refractivity contribution in [1.82, 2.24) is 14.3 Å². The lowest BCUT2D eigenvalue weighted by molar-refractivity contribution is -0.113. The fourth-order valence-electron chi connectivity index (χ4n) is 2.84. The number of carbonyl (C=O) groups excluding carboxylic acids is 2. The molecule has 2 aromatic heterocycles. The van der Waals surface area contributed by atoms with E-state index in [4.69, 9.17) is 4.74 Å². The van der Waals surface area contributed by atoms with E-state index in [1.807, 2.05) is 0 Å². The van der Waals surface area contributed by atoms with Gasteiger partial charge in [-0.05, 0) is 47.9 Å². The SMILES string of the molecule is COC(=O)c1ccccc1NC(=O)CSc1ncnc2c(-c3ccc(F)cc3)nsc12. The smallest absolute Gasteiger partial charge is 0.339 e. The Hall–Kier alpha value is -3.37. The number of nitrogens with zero attached hydrogens (tertiary/aromatic N) is 3. The molecule has 0 unspecified atom stereocenters. The molecule has 2 aromatic carbocycles. The fourth-order valence-corrected chi connectivity index (χ4v) is 4.56. The van der Waals surface area contributed by atoms with Crippen molar-refractivity contribution < 1.29 is 18.7 Å². The Morgan fingerprint density at radius 2 is 1.90 bits per heavy atom. The van der Waals surface area contributed by atoms with E-state index in [-0.39, 0.29) is 23.0 Å². The fraction of sp³-hybridized carbons (Fsp3) is 0.0952. The van der Waals surface area contributed by atoms with E-state index in [1.54, 1.807) is 36.4 Å². The van der Waals surface area contributed by atoms with Crippen molar-refractivity contribution in [3.63, 3.8) is 0 Å². The Bertz CT molecular complexity index is 1260. The Balaban J connectivity index is 1.51. The number of aromatic nitrogens is 3. The van der Waals surface area contributed by atoms with E-state index in [0.29, 0.717) is 21.9 Å². The molecule has 1 amide bonds. The van der Waals surface area contributed by atoms with Crippen LogP contribution in [0.5, 0.6) is 0 Å². The average Bonchev–Trinajstić information content (AvgIpc) is 3.23. The molecule has 156 valence electrons. The number of anilines is 1. The summed E-state index contributed by atoms with van der Waals surface area (Å²) in [6.07, 6.45) is 1.41. The van der Waals surface area contributed by atoms with E-state index in [2.05, 4.69) is 19.7 Å². The van der Waals surface area contributed by atoms with Crippen LogP contribution < -0.4 is 5.32 Å². The molecule has 0 atom stereocenters. The number of hydrogen-bond donors (Lipinski definition) is 1. The summed E-state index contributed by atoms with van der Waals surface area (Å²) in [7, 11) is 1.28. The molecule has 1 N–H and O–H groups in total. The van der Waals surface area contributed by atoms with Crippen molar-refractivity contribution in [3.05, 3.63) is 66.2 Å². The van der Waals surface area contributed by atoms with Gasteiger partial charge in [-0.25, -0.2) is 19.2 Å². The highest BCUT2D eigenvalue weighted by molar-refractivity contribution is 8.00. The summed E-state index contributed by atoms with van der Waals surface area (Å²) in [6.45, 7) is 0. The predicted molar refractivity (Wildman–Crippen MR) is 118 cm³/mol. The second-order valence-corrected chi connectivity index (χ2v) is 8.01. The molecule has 4 aromatic rings. The van der Waals surface area contributed by atoms with E-state index >= 15 is 0 Å². The number of methoxy groups -OCH3 is 1. The van der Waals surface area contributed by atoms with Gasteiger partial charge in [-0.2, -0.15) is 4.37 Å². The third kappa shape index (κ3) is 4.54. The zero-order chi connectivity index (χ0) is 21.8. The molecule has 0 aliphatic rings. The zero-order valence-electron chi connectivity index (χ0n) is 16.2. The number of thioether (sulfide) groups is 1. The molecule has 0 saturated heterocycles. The lowest BCUT2D eigenvalue weighted by Gasteiger charge is -2.09. The van der Waals surface area contributed by atoms with Gasteiger partial charge in [0.1, 0.15) is 33.1 Å². The summed E-state index contributed by atoms with van der Waals surface area (Å²) in [4.78, 5) is 32.9. The van der Waals surface area contributed by atoms with Crippen molar-refractivity contribution in [2.75, 3.05) is 18.2 Å². The first-order valence-corrected chi connectivity index (χ1v) is 10.8.